The number of rotatable bonds is 9. The number of aromatic nitrogens is 1. The van der Waals surface area contributed by atoms with E-state index in [-0.39, 0.29) is 15.6 Å². The zero-order chi connectivity index (χ0) is 15.0. The fourth-order valence-corrected chi connectivity index (χ4v) is 3.10. The van der Waals surface area contributed by atoms with E-state index in [2.05, 4.69) is 9.71 Å². The number of ether oxygens (including phenoxy) is 1. The van der Waals surface area contributed by atoms with Gasteiger partial charge in [0.25, 0.3) is 0 Å². The van der Waals surface area contributed by atoms with Gasteiger partial charge in [0.15, 0.2) is 0 Å². The molecule has 0 fully saturated rings. The maximum absolute atomic E-state index is 12.2. The molecule has 0 aliphatic carbocycles. The lowest BCUT2D eigenvalue weighted by Crippen LogP contribution is -2.28. The quantitative estimate of drug-likeness (QED) is 0.517. The molecule has 0 amide bonds. The maximum atomic E-state index is 12.2. The van der Waals surface area contributed by atoms with Crippen LogP contribution in [0, 0.1) is 0 Å². The molecule has 6 nitrogen and oxygen atoms in total. The van der Waals surface area contributed by atoms with E-state index in [1.54, 1.807) is 7.11 Å². The molecular formula is C12H19N3O3S2. The molecule has 1 heterocycles. The van der Waals surface area contributed by atoms with Crippen molar-refractivity contribution in [1.82, 2.24) is 9.71 Å². The SMILES string of the molecule is COCCCCCNS(=O)(=O)c1cccnc1C(N)=S. The molecule has 0 unspecified atom stereocenters. The molecule has 1 rings (SSSR count). The zero-order valence-corrected chi connectivity index (χ0v) is 13.0. The Bertz CT molecular complexity index is 547. The Balaban J connectivity index is 2.63. The van der Waals surface area contributed by atoms with Gasteiger partial charge in [0.1, 0.15) is 15.6 Å². The summed E-state index contributed by atoms with van der Waals surface area (Å²) in [5.74, 6) is 0. The van der Waals surface area contributed by atoms with Crippen LogP contribution in [-0.2, 0) is 14.8 Å². The largest absolute Gasteiger partial charge is 0.388 e. The Morgan fingerprint density at radius 3 is 2.85 bits per heavy atom. The molecule has 1 aromatic rings. The normalized spacial score (nSPS) is 11.4. The number of pyridine rings is 1. The number of methoxy groups -OCH3 is 1. The van der Waals surface area contributed by atoms with Crippen molar-refractivity contribution in [1.29, 1.82) is 0 Å². The van der Waals surface area contributed by atoms with Gasteiger partial charge in [-0.05, 0) is 31.4 Å². The number of nitrogens with zero attached hydrogens (tertiary/aromatic N) is 1. The Labute approximate surface area is 124 Å². The first kappa shape index (κ1) is 17.0. The average Bonchev–Trinajstić information content (AvgIpc) is 2.42. The van der Waals surface area contributed by atoms with E-state index in [9.17, 15) is 8.42 Å². The van der Waals surface area contributed by atoms with Crippen LogP contribution in [0.1, 0.15) is 25.0 Å². The smallest absolute Gasteiger partial charge is 0.242 e. The van der Waals surface area contributed by atoms with Gasteiger partial charge in [-0.15, -0.1) is 0 Å². The van der Waals surface area contributed by atoms with Gasteiger partial charge < -0.3 is 10.5 Å². The lowest BCUT2D eigenvalue weighted by molar-refractivity contribution is 0.192. The lowest BCUT2D eigenvalue weighted by atomic mass is 10.2. The number of unbranched alkanes of at least 4 members (excludes halogenated alkanes) is 2. The molecule has 112 valence electrons. The maximum Gasteiger partial charge on any atom is 0.242 e. The fraction of sp³-hybridized carbons (Fsp3) is 0.500. The Hall–Kier alpha value is -1.09. The summed E-state index contributed by atoms with van der Waals surface area (Å²) >= 11 is 4.81. The first-order chi connectivity index (χ1) is 9.49. The van der Waals surface area contributed by atoms with E-state index in [1.165, 1.54) is 18.3 Å². The molecule has 0 saturated carbocycles. The van der Waals surface area contributed by atoms with Crippen LogP contribution in [0.2, 0.25) is 0 Å². The lowest BCUT2D eigenvalue weighted by Gasteiger charge is -2.09. The third kappa shape index (κ3) is 5.12. The van der Waals surface area contributed by atoms with E-state index in [1.807, 2.05) is 0 Å². The van der Waals surface area contributed by atoms with Gasteiger partial charge in [-0.2, -0.15) is 0 Å². The van der Waals surface area contributed by atoms with Gasteiger partial charge >= 0.3 is 0 Å². The second kappa shape index (κ2) is 8.25. The summed E-state index contributed by atoms with van der Waals surface area (Å²) in [4.78, 5) is 3.89. The molecule has 8 heteroatoms. The topological polar surface area (TPSA) is 94.3 Å². The van der Waals surface area contributed by atoms with Crippen molar-refractivity contribution in [3.63, 3.8) is 0 Å². The van der Waals surface area contributed by atoms with E-state index in [4.69, 9.17) is 22.7 Å². The second-order valence-corrected chi connectivity index (χ2v) is 6.34. The zero-order valence-electron chi connectivity index (χ0n) is 11.3. The average molecular weight is 317 g/mol. The van der Waals surface area contributed by atoms with Gasteiger partial charge in [-0.1, -0.05) is 12.2 Å². The van der Waals surface area contributed by atoms with Gasteiger partial charge in [-0.3, -0.25) is 4.98 Å². The summed E-state index contributed by atoms with van der Waals surface area (Å²) in [7, 11) is -2.00. The summed E-state index contributed by atoms with van der Waals surface area (Å²) in [6.07, 6.45) is 4.00. The monoisotopic (exact) mass is 317 g/mol. The van der Waals surface area contributed by atoms with Gasteiger partial charge in [0, 0.05) is 26.5 Å². The molecule has 0 saturated heterocycles. The molecular weight excluding hydrogens is 298 g/mol. The van der Waals surface area contributed by atoms with Crippen molar-refractivity contribution < 1.29 is 13.2 Å². The molecule has 0 bridgehead atoms. The van der Waals surface area contributed by atoms with Crippen LogP contribution in [0.4, 0.5) is 0 Å². The van der Waals surface area contributed by atoms with Gasteiger partial charge in [-0.25, -0.2) is 13.1 Å². The molecule has 0 spiro atoms. The predicted molar refractivity (Wildman–Crippen MR) is 81.0 cm³/mol. The minimum atomic E-state index is -3.64. The van der Waals surface area contributed by atoms with Crippen molar-refractivity contribution in [2.75, 3.05) is 20.3 Å². The molecule has 1 aromatic heterocycles. The number of nitrogens with two attached hydrogens (primary N) is 1. The van der Waals surface area contributed by atoms with Crippen molar-refractivity contribution in [3.05, 3.63) is 24.0 Å². The highest BCUT2D eigenvalue weighted by Crippen LogP contribution is 2.12. The number of hydrogen-bond donors (Lipinski definition) is 2. The summed E-state index contributed by atoms with van der Waals surface area (Å²) < 4.78 is 31.8. The summed E-state index contributed by atoms with van der Waals surface area (Å²) in [6, 6.07) is 2.98. The van der Waals surface area contributed by atoms with Crippen LogP contribution in [0.3, 0.4) is 0 Å². The molecule has 0 aromatic carbocycles. The Kier molecular flexibility index (Phi) is 7.00. The predicted octanol–water partition coefficient (Wildman–Crippen LogP) is 0.811. The highest BCUT2D eigenvalue weighted by atomic mass is 32.2. The highest BCUT2D eigenvalue weighted by Gasteiger charge is 2.19. The molecule has 3 N–H and O–H groups in total. The number of sulfonamides is 1. The third-order valence-corrected chi connectivity index (χ3v) is 4.30. The van der Waals surface area contributed by atoms with Crippen LogP contribution in [-0.4, -0.2) is 38.7 Å². The second-order valence-electron chi connectivity index (χ2n) is 4.17. The van der Waals surface area contributed by atoms with E-state index >= 15 is 0 Å². The molecule has 0 aliphatic rings. The van der Waals surface area contributed by atoms with Crippen LogP contribution in [0.25, 0.3) is 0 Å². The Morgan fingerprint density at radius 1 is 1.45 bits per heavy atom. The van der Waals surface area contributed by atoms with Crippen LogP contribution >= 0.6 is 12.2 Å². The van der Waals surface area contributed by atoms with Crippen LogP contribution in [0.15, 0.2) is 23.2 Å². The minimum Gasteiger partial charge on any atom is -0.388 e. The number of hydrogen-bond acceptors (Lipinski definition) is 5. The summed E-state index contributed by atoms with van der Waals surface area (Å²) in [5, 5.41) is 0. The van der Waals surface area contributed by atoms with E-state index in [0.717, 1.165) is 19.3 Å². The van der Waals surface area contributed by atoms with Crippen molar-refractivity contribution in [2.45, 2.75) is 24.2 Å². The van der Waals surface area contributed by atoms with E-state index < -0.39 is 10.0 Å². The fourth-order valence-electron chi connectivity index (χ4n) is 1.62. The van der Waals surface area contributed by atoms with Crippen molar-refractivity contribution >= 4 is 27.2 Å². The minimum absolute atomic E-state index is 0.0180. The van der Waals surface area contributed by atoms with Crippen LogP contribution in [0.5, 0.6) is 0 Å². The van der Waals surface area contributed by atoms with Crippen molar-refractivity contribution in [2.24, 2.45) is 5.73 Å². The first-order valence-corrected chi connectivity index (χ1v) is 8.11. The Morgan fingerprint density at radius 2 is 2.20 bits per heavy atom. The third-order valence-electron chi connectivity index (χ3n) is 2.61. The molecule has 0 radical (unpaired) electrons. The van der Waals surface area contributed by atoms with Gasteiger partial charge in [0.2, 0.25) is 10.0 Å². The van der Waals surface area contributed by atoms with Crippen LogP contribution < -0.4 is 10.5 Å². The van der Waals surface area contributed by atoms with Gasteiger partial charge in [0.05, 0.1) is 0 Å². The molecule has 0 atom stereocenters. The number of thiocarbonyl (C=S) groups is 1. The van der Waals surface area contributed by atoms with Crippen molar-refractivity contribution in [3.8, 4) is 0 Å². The molecule has 20 heavy (non-hydrogen) atoms. The summed E-state index contributed by atoms with van der Waals surface area (Å²) in [5.41, 5.74) is 5.60. The summed E-state index contributed by atoms with van der Waals surface area (Å²) in [6.45, 7) is 1.04. The van der Waals surface area contributed by atoms with E-state index in [0.29, 0.717) is 13.2 Å². The highest BCUT2D eigenvalue weighted by molar-refractivity contribution is 7.89. The first-order valence-electron chi connectivity index (χ1n) is 6.22. The standard InChI is InChI=1S/C12H19N3O3S2/c1-18-9-4-2-3-8-15-20(16,17)10-6-5-7-14-11(10)12(13)19/h5-7,15H,2-4,8-9H2,1H3,(H2,13,19). The number of nitrogens with one attached hydrogen (secondary N) is 1. The molecule has 0 aliphatic heterocycles.